The second kappa shape index (κ2) is 5.73. The average Bonchev–Trinajstić information content (AvgIpc) is 2.45. The van der Waals surface area contributed by atoms with Crippen molar-refractivity contribution in [1.82, 2.24) is 4.90 Å². The number of fused-ring (bicyclic) bond motifs is 2. The van der Waals surface area contributed by atoms with E-state index < -0.39 is 5.82 Å². The zero-order chi connectivity index (χ0) is 15.0. The normalized spacial score (nSPS) is 29.2. The van der Waals surface area contributed by atoms with Gasteiger partial charge < -0.3 is 9.47 Å². The van der Waals surface area contributed by atoms with E-state index in [2.05, 4.69) is 11.9 Å². The summed E-state index contributed by atoms with van der Waals surface area (Å²) in [4.78, 5) is 15.0. The van der Waals surface area contributed by atoms with Crippen molar-refractivity contribution in [2.24, 2.45) is 5.92 Å². The van der Waals surface area contributed by atoms with E-state index in [1.165, 1.54) is 19.2 Å². The monoisotopic (exact) mass is 293 g/mol. The fourth-order valence-electron chi connectivity index (χ4n) is 3.37. The Balaban J connectivity index is 1.81. The molecule has 2 aliphatic rings. The second-order valence-electron chi connectivity index (χ2n) is 5.92. The Bertz CT molecular complexity index is 534. The summed E-state index contributed by atoms with van der Waals surface area (Å²) in [6.45, 7) is 1.34. The number of piperidine rings is 1. The van der Waals surface area contributed by atoms with Crippen molar-refractivity contribution in [1.29, 1.82) is 0 Å². The number of morpholine rings is 1. The van der Waals surface area contributed by atoms with Gasteiger partial charge >= 0.3 is 0 Å². The first-order chi connectivity index (χ1) is 10.1. The maximum atomic E-state index is 13.6. The van der Waals surface area contributed by atoms with Gasteiger partial charge in [-0.1, -0.05) is 0 Å². The van der Waals surface area contributed by atoms with E-state index in [1.807, 2.05) is 0 Å². The molecule has 2 saturated heterocycles. The molecule has 2 bridgehead atoms. The van der Waals surface area contributed by atoms with Gasteiger partial charge in [-0.15, -0.1) is 0 Å². The van der Waals surface area contributed by atoms with Gasteiger partial charge in [0.25, 0.3) is 0 Å². The van der Waals surface area contributed by atoms with Crippen LogP contribution in [0.3, 0.4) is 0 Å². The lowest BCUT2D eigenvalue weighted by Gasteiger charge is -2.46. The molecule has 0 spiro atoms. The molecule has 114 valence electrons. The van der Waals surface area contributed by atoms with E-state index in [-0.39, 0.29) is 23.8 Å². The van der Waals surface area contributed by atoms with Gasteiger partial charge in [-0.2, -0.15) is 0 Å². The molecule has 0 amide bonds. The Morgan fingerprint density at radius 3 is 2.57 bits per heavy atom. The Labute approximate surface area is 123 Å². The number of Topliss-reactive ketones (excluding diaryl/α,β-unsaturated/α-hetero) is 1. The summed E-state index contributed by atoms with van der Waals surface area (Å²) >= 11 is 0. The Kier molecular flexibility index (Phi) is 3.95. The fourth-order valence-corrected chi connectivity index (χ4v) is 3.37. The smallest absolute Gasteiger partial charge is 0.166 e. The van der Waals surface area contributed by atoms with Crippen molar-refractivity contribution >= 4 is 5.78 Å². The summed E-state index contributed by atoms with van der Waals surface area (Å²) in [5.41, 5.74) is 0.403. The summed E-state index contributed by atoms with van der Waals surface area (Å²) in [5, 5.41) is 0. The Hall–Kier alpha value is -1.46. The largest absolute Gasteiger partial charge is 0.497 e. The molecule has 0 saturated carbocycles. The van der Waals surface area contributed by atoms with Gasteiger partial charge in [0.1, 0.15) is 11.6 Å². The number of nitrogens with zero attached hydrogens (tertiary/aromatic N) is 1. The summed E-state index contributed by atoms with van der Waals surface area (Å²) in [7, 11) is 3.56. The minimum atomic E-state index is -0.436. The van der Waals surface area contributed by atoms with Gasteiger partial charge in [-0.05, 0) is 32.0 Å². The van der Waals surface area contributed by atoms with Gasteiger partial charge in [-0.25, -0.2) is 4.39 Å². The van der Waals surface area contributed by atoms with Crippen LogP contribution in [0.1, 0.15) is 23.2 Å². The van der Waals surface area contributed by atoms with Crippen molar-refractivity contribution in [3.8, 4) is 5.75 Å². The maximum Gasteiger partial charge on any atom is 0.166 e. The van der Waals surface area contributed by atoms with Gasteiger partial charge in [-0.3, -0.25) is 9.69 Å². The molecule has 21 heavy (non-hydrogen) atoms. The Morgan fingerprint density at radius 1 is 1.29 bits per heavy atom. The molecule has 1 aromatic carbocycles. The summed E-state index contributed by atoms with van der Waals surface area (Å²) in [6.07, 6.45) is 1.54. The topological polar surface area (TPSA) is 38.8 Å². The van der Waals surface area contributed by atoms with Crippen LogP contribution in [0.25, 0.3) is 0 Å². The lowest BCUT2D eigenvalue weighted by molar-refractivity contribution is -0.0702. The first-order valence-electron chi connectivity index (χ1n) is 7.27. The summed E-state index contributed by atoms with van der Waals surface area (Å²) in [5.74, 6) is -0.103. The molecule has 5 heteroatoms. The van der Waals surface area contributed by atoms with Gasteiger partial charge in [0.05, 0.1) is 20.3 Å². The quantitative estimate of drug-likeness (QED) is 0.800. The third-order valence-electron chi connectivity index (χ3n) is 4.65. The number of methoxy groups -OCH3 is 1. The van der Waals surface area contributed by atoms with Crippen molar-refractivity contribution < 1.29 is 18.7 Å². The molecule has 2 unspecified atom stereocenters. The SMILES string of the molecule is COc1cc(F)cc(C(=O)C2CC3COCC(C2)N3C)c1. The van der Waals surface area contributed by atoms with Crippen molar-refractivity contribution in [2.45, 2.75) is 24.9 Å². The highest BCUT2D eigenvalue weighted by atomic mass is 19.1. The van der Waals surface area contributed by atoms with Crippen molar-refractivity contribution in [2.75, 3.05) is 27.4 Å². The van der Waals surface area contributed by atoms with Gasteiger partial charge in [0, 0.05) is 29.6 Å². The summed E-state index contributed by atoms with van der Waals surface area (Å²) in [6, 6.07) is 4.77. The minimum Gasteiger partial charge on any atom is -0.497 e. The van der Waals surface area contributed by atoms with Crippen LogP contribution >= 0.6 is 0 Å². The minimum absolute atomic E-state index is 0.0119. The molecule has 0 aromatic heterocycles. The molecule has 2 aliphatic heterocycles. The highest BCUT2D eigenvalue weighted by molar-refractivity contribution is 5.98. The zero-order valence-corrected chi connectivity index (χ0v) is 12.3. The van der Waals surface area contributed by atoms with Crippen LogP contribution in [-0.4, -0.2) is 50.1 Å². The summed E-state index contributed by atoms with van der Waals surface area (Å²) < 4.78 is 24.2. The predicted octanol–water partition coefficient (Wildman–Crippen LogP) is 2.13. The highest BCUT2D eigenvalue weighted by Gasteiger charge is 2.39. The van der Waals surface area contributed by atoms with E-state index in [1.54, 1.807) is 6.07 Å². The van der Waals surface area contributed by atoms with Gasteiger partial charge in [0.2, 0.25) is 0 Å². The maximum absolute atomic E-state index is 13.6. The number of likely N-dealkylation sites (N-methyl/N-ethyl adjacent to an activating group) is 1. The molecule has 0 radical (unpaired) electrons. The number of halogens is 1. The van der Waals surface area contributed by atoms with Crippen LogP contribution in [0, 0.1) is 11.7 Å². The molecule has 0 N–H and O–H groups in total. The fraction of sp³-hybridized carbons (Fsp3) is 0.562. The van der Waals surface area contributed by atoms with Crippen LogP contribution < -0.4 is 4.74 Å². The highest BCUT2D eigenvalue weighted by Crippen LogP contribution is 2.33. The van der Waals surface area contributed by atoms with Gasteiger partial charge in [0.15, 0.2) is 5.78 Å². The van der Waals surface area contributed by atoms with E-state index in [4.69, 9.17) is 9.47 Å². The molecule has 0 aliphatic carbocycles. The van der Waals surface area contributed by atoms with Crippen molar-refractivity contribution in [3.05, 3.63) is 29.6 Å². The number of carbonyl (C=O) groups is 1. The second-order valence-corrected chi connectivity index (χ2v) is 5.92. The lowest BCUT2D eigenvalue weighted by atomic mass is 9.81. The van der Waals surface area contributed by atoms with E-state index >= 15 is 0 Å². The van der Waals surface area contributed by atoms with Crippen LogP contribution in [0.5, 0.6) is 5.75 Å². The average molecular weight is 293 g/mol. The third kappa shape index (κ3) is 2.80. The number of hydrogen-bond acceptors (Lipinski definition) is 4. The van der Waals surface area contributed by atoms with E-state index in [0.717, 1.165) is 12.8 Å². The molecule has 2 heterocycles. The predicted molar refractivity (Wildman–Crippen MR) is 76.2 cm³/mol. The number of hydrogen-bond donors (Lipinski definition) is 0. The zero-order valence-electron chi connectivity index (χ0n) is 12.3. The molecule has 1 aromatic rings. The molecule has 4 nitrogen and oxygen atoms in total. The van der Waals surface area contributed by atoms with Crippen LogP contribution in [0.2, 0.25) is 0 Å². The lowest BCUT2D eigenvalue weighted by Crippen LogP contribution is -2.55. The van der Waals surface area contributed by atoms with Crippen LogP contribution in [0.4, 0.5) is 4.39 Å². The number of benzene rings is 1. The van der Waals surface area contributed by atoms with Crippen molar-refractivity contribution in [3.63, 3.8) is 0 Å². The first-order valence-corrected chi connectivity index (χ1v) is 7.27. The molecule has 2 fully saturated rings. The van der Waals surface area contributed by atoms with Crippen LogP contribution in [0.15, 0.2) is 18.2 Å². The molecule has 3 rings (SSSR count). The number of carbonyl (C=O) groups excluding carboxylic acids is 1. The molecular formula is C16H20FNO3. The standard InChI is InChI=1S/C16H20FNO3/c1-18-13-4-11(5-14(18)9-21-8-13)16(19)10-3-12(17)7-15(6-10)20-2/h3,6-7,11,13-14H,4-5,8-9H2,1-2H3. The Morgan fingerprint density at radius 2 is 1.95 bits per heavy atom. The molecular weight excluding hydrogens is 273 g/mol. The van der Waals surface area contributed by atoms with E-state index in [9.17, 15) is 9.18 Å². The third-order valence-corrected chi connectivity index (χ3v) is 4.65. The number of ether oxygens (including phenoxy) is 2. The first kappa shape index (κ1) is 14.5. The van der Waals surface area contributed by atoms with E-state index in [0.29, 0.717) is 24.5 Å². The number of ketones is 1. The molecule has 2 atom stereocenters. The number of rotatable bonds is 3. The van der Waals surface area contributed by atoms with Crippen LogP contribution in [-0.2, 0) is 4.74 Å².